The van der Waals surface area contributed by atoms with E-state index in [1.54, 1.807) is 36.4 Å². The SMILES string of the molecule is O=C(O)NCCCCNC(=O)c1ccc(Nc2nc(NCc3ccc(OCCBr)cc3)nc(OCC(F)(F)F)n2)cc1. The summed E-state index contributed by atoms with van der Waals surface area (Å²) in [5, 5.41) is 20.1. The van der Waals surface area contributed by atoms with Crippen molar-refractivity contribution < 1.29 is 37.3 Å². The largest absolute Gasteiger partial charge is 0.493 e. The second-order valence-corrected chi connectivity index (χ2v) is 9.39. The highest BCUT2D eigenvalue weighted by Crippen LogP contribution is 2.21. The third-order valence-corrected chi connectivity index (χ3v) is 5.59. The number of hydrogen-bond donors (Lipinski definition) is 5. The lowest BCUT2D eigenvalue weighted by Gasteiger charge is -2.12. The molecule has 0 atom stereocenters. The van der Waals surface area contributed by atoms with Gasteiger partial charge in [0.2, 0.25) is 11.9 Å². The molecule has 0 radical (unpaired) electrons. The Kier molecular flexibility index (Phi) is 12.4. The maximum Gasteiger partial charge on any atom is 0.422 e. The molecule has 12 nitrogen and oxygen atoms in total. The van der Waals surface area contributed by atoms with Gasteiger partial charge in [-0.15, -0.1) is 0 Å². The Bertz CT molecular complexity index is 1300. The van der Waals surface area contributed by atoms with Gasteiger partial charge in [-0.25, -0.2) is 4.79 Å². The number of nitrogens with zero attached hydrogens (tertiary/aromatic N) is 3. The molecule has 226 valence electrons. The Morgan fingerprint density at radius 2 is 1.55 bits per heavy atom. The summed E-state index contributed by atoms with van der Waals surface area (Å²) in [6.45, 7) is -0.128. The third kappa shape index (κ3) is 12.0. The van der Waals surface area contributed by atoms with E-state index in [9.17, 15) is 22.8 Å². The van der Waals surface area contributed by atoms with Crippen molar-refractivity contribution in [3.05, 3.63) is 59.7 Å². The number of amides is 2. The number of nitrogens with one attached hydrogen (secondary N) is 4. The predicted molar refractivity (Wildman–Crippen MR) is 152 cm³/mol. The second kappa shape index (κ2) is 16.2. The third-order valence-electron chi connectivity index (χ3n) is 5.27. The van der Waals surface area contributed by atoms with Gasteiger partial charge in [0, 0.05) is 36.2 Å². The van der Waals surface area contributed by atoms with Gasteiger partial charge in [0.1, 0.15) is 5.75 Å². The van der Waals surface area contributed by atoms with Gasteiger partial charge in [-0.05, 0) is 54.8 Å². The van der Waals surface area contributed by atoms with Crippen LogP contribution in [-0.2, 0) is 6.54 Å². The molecule has 16 heteroatoms. The normalized spacial score (nSPS) is 11.0. The molecule has 0 saturated carbocycles. The first-order valence-corrected chi connectivity index (χ1v) is 13.8. The predicted octanol–water partition coefficient (Wildman–Crippen LogP) is 4.72. The summed E-state index contributed by atoms with van der Waals surface area (Å²) in [6, 6.07) is 13.0. The summed E-state index contributed by atoms with van der Waals surface area (Å²) in [5.74, 6) is 0.292. The summed E-state index contributed by atoms with van der Waals surface area (Å²) >= 11 is 3.29. The van der Waals surface area contributed by atoms with Crippen LogP contribution in [0.5, 0.6) is 11.8 Å². The molecule has 0 unspecified atom stereocenters. The van der Waals surface area contributed by atoms with Crippen molar-refractivity contribution in [1.29, 1.82) is 0 Å². The van der Waals surface area contributed by atoms with Gasteiger partial charge < -0.3 is 35.8 Å². The Morgan fingerprint density at radius 3 is 2.19 bits per heavy atom. The number of carbonyl (C=O) groups excluding carboxylic acids is 1. The molecule has 0 aliphatic rings. The number of ether oxygens (including phenoxy) is 2. The molecule has 0 aliphatic heterocycles. The van der Waals surface area contributed by atoms with E-state index in [2.05, 4.69) is 52.1 Å². The van der Waals surface area contributed by atoms with E-state index in [1.165, 1.54) is 0 Å². The van der Waals surface area contributed by atoms with Gasteiger partial charge >= 0.3 is 18.3 Å². The van der Waals surface area contributed by atoms with E-state index in [4.69, 9.17) is 14.6 Å². The molecule has 1 heterocycles. The zero-order valence-corrected chi connectivity index (χ0v) is 23.8. The summed E-state index contributed by atoms with van der Waals surface area (Å²) in [4.78, 5) is 34.9. The van der Waals surface area contributed by atoms with E-state index in [0.717, 1.165) is 5.56 Å². The number of carboxylic acid groups (broad SMARTS) is 1. The first kappa shape index (κ1) is 32.2. The van der Waals surface area contributed by atoms with Crippen LogP contribution in [0.3, 0.4) is 0 Å². The van der Waals surface area contributed by atoms with Crippen molar-refractivity contribution in [2.75, 3.05) is 42.3 Å². The number of halogens is 4. The Labute approximate surface area is 247 Å². The lowest BCUT2D eigenvalue weighted by atomic mass is 10.2. The molecule has 3 aromatic rings. The number of carbonyl (C=O) groups is 2. The van der Waals surface area contributed by atoms with Crippen LogP contribution >= 0.6 is 15.9 Å². The van der Waals surface area contributed by atoms with Gasteiger partial charge in [0.05, 0.1) is 6.61 Å². The van der Waals surface area contributed by atoms with Crippen molar-refractivity contribution in [2.45, 2.75) is 25.6 Å². The van der Waals surface area contributed by atoms with Crippen molar-refractivity contribution >= 4 is 45.5 Å². The van der Waals surface area contributed by atoms with Gasteiger partial charge in [-0.3, -0.25) is 4.79 Å². The fourth-order valence-corrected chi connectivity index (χ4v) is 3.49. The smallest absolute Gasteiger partial charge is 0.422 e. The summed E-state index contributed by atoms with van der Waals surface area (Å²) in [5.41, 5.74) is 1.68. The minimum atomic E-state index is -4.59. The Hall–Kier alpha value is -4.34. The molecule has 42 heavy (non-hydrogen) atoms. The topological polar surface area (TPSA) is 160 Å². The Morgan fingerprint density at radius 1 is 0.881 bits per heavy atom. The van der Waals surface area contributed by atoms with Crippen LogP contribution in [0.15, 0.2) is 48.5 Å². The van der Waals surface area contributed by atoms with Crippen molar-refractivity contribution in [3.8, 4) is 11.8 Å². The van der Waals surface area contributed by atoms with Crippen LogP contribution in [-0.4, -0.2) is 69.9 Å². The molecule has 0 saturated heterocycles. The van der Waals surface area contributed by atoms with E-state index in [0.29, 0.717) is 54.9 Å². The summed E-state index contributed by atoms with van der Waals surface area (Å²) in [7, 11) is 0. The molecule has 0 bridgehead atoms. The maximum absolute atomic E-state index is 12.7. The van der Waals surface area contributed by atoms with Crippen LogP contribution in [0.2, 0.25) is 0 Å². The highest BCUT2D eigenvalue weighted by molar-refractivity contribution is 9.09. The second-order valence-electron chi connectivity index (χ2n) is 8.60. The monoisotopic (exact) mass is 655 g/mol. The molecule has 5 N–H and O–H groups in total. The first-order valence-electron chi connectivity index (χ1n) is 12.7. The molecular formula is C26H29BrF3N7O5. The molecule has 1 aromatic heterocycles. The van der Waals surface area contributed by atoms with Gasteiger partial charge in [-0.2, -0.15) is 28.1 Å². The molecule has 0 spiro atoms. The van der Waals surface area contributed by atoms with Crippen LogP contribution < -0.4 is 30.7 Å². The fourth-order valence-electron chi connectivity index (χ4n) is 3.33. The lowest BCUT2D eigenvalue weighted by Crippen LogP contribution is -2.26. The van der Waals surface area contributed by atoms with Gasteiger partial charge in [0.25, 0.3) is 5.91 Å². The average molecular weight is 656 g/mol. The lowest BCUT2D eigenvalue weighted by molar-refractivity contribution is -0.154. The number of anilines is 3. The highest BCUT2D eigenvalue weighted by Gasteiger charge is 2.29. The van der Waals surface area contributed by atoms with Crippen molar-refractivity contribution in [3.63, 3.8) is 0 Å². The van der Waals surface area contributed by atoms with E-state index in [-0.39, 0.29) is 24.3 Å². The highest BCUT2D eigenvalue weighted by atomic mass is 79.9. The number of aromatic nitrogens is 3. The number of alkyl halides is 4. The number of benzene rings is 2. The number of hydrogen-bond acceptors (Lipinski definition) is 9. The zero-order valence-electron chi connectivity index (χ0n) is 22.2. The minimum Gasteiger partial charge on any atom is -0.493 e. The maximum atomic E-state index is 12.7. The van der Waals surface area contributed by atoms with Crippen molar-refractivity contribution in [1.82, 2.24) is 25.6 Å². The molecule has 0 fully saturated rings. The van der Waals surface area contributed by atoms with E-state index >= 15 is 0 Å². The standard InChI is InChI=1S/C26H29BrF3N7O5/c27-11-14-41-20-9-3-17(4-10-20)15-33-22-35-23(37-24(36-22)42-16-26(28,29)30)34-19-7-5-18(6-8-19)21(38)31-12-1-2-13-32-25(39)40/h3-10,32H,1-2,11-16H2,(H,31,38)(H,39,40)(H2,33,34,35,36,37). The molecule has 2 amide bonds. The Balaban J connectivity index is 1.62. The van der Waals surface area contributed by atoms with Crippen LogP contribution in [0.1, 0.15) is 28.8 Å². The van der Waals surface area contributed by atoms with Crippen molar-refractivity contribution in [2.24, 2.45) is 0 Å². The van der Waals surface area contributed by atoms with E-state index < -0.39 is 24.9 Å². The van der Waals surface area contributed by atoms with Crippen LogP contribution in [0, 0.1) is 0 Å². The summed E-state index contributed by atoms with van der Waals surface area (Å²) in [6.07, 6.45) is -4.51. The summed E-state index contributed by atoms with van der Waals surface area (Å²) < 4.78 is 48.5. The van der Waals surface area contributed by atoms with E-state index in [1.807, 2.05) is 12.1 Å². The molecule has 3 rings (SSSR count). The molecule has 0 aliphatic carbocycles. The van der Waals surface area contributed by atoms with Gasteiger partial charge in [0.15, 0.2) is 6.61 Å². The minimum absolute atomic E-state index is 0.0150. The average Bonchev–Trinajstić information content (AvgIpc) is 2.96. The molecule has 2 aromatic carbocycles. The molecular weight excluding hydrogens is 627 g/mol. The van der Waals surface area contributed by atoms with Crippen LogP contribution in [0.25, 0.3) is 0 Å². The number of unbranched alkanes of at least 4 members (excludes halogenated alkanes) is 1. The first-order chi connectivity index (χ1) is 20.1. The fraction of sp³-hybridized carbons (Fsp3) is 0.346. The van der Waals surface area contributed by atoms with Gasteiger partial charge in [-0.1, -0.05) is 28.1 Å². The quantitative estimate of drug-likeness (QED) is 0.108. The van der Waals surface area contributed by atoms with Crippen LogP contribution in [0.4, 0.5) is 35.5 Å². The zero-order chi connectivity index (χ0) is 30.4. The number of rotatable bonds is 16.